The summed E-state index contributed by atoms with van der Waals surface area (Å²) in [6.45, 7) is 0. The van der Waals surface area contributed by atoms with Gasteiger partial charge in [-0.05, 0) is 12.1 Å². The van der Waals surface area contributed by atoms with Crippen LogP contribution in [0, 0.1) is 0 Å². The Balaban J connectivity index is 2.66. The molecule has 0 unspecified atom stereocenters. The summed E-state index contributed by atoms with van der Waals surface area (Å²) in [5, 5.41) is 11.9. The van der Waals surface area contributed by atoms with Gasteiger partial charge in [0.05, 0.1) is 11.3 Å². The Morgan fingerprint density at radius 3 is 2.47 bits per heavy atom. The molecular formula is C10H6F3N3O3. The molecule has 100 valence electrons. The van der Waals surface area contributed by atoms with Crippen LogP contribution in [0.3, 0.4) is 0 Å². The van der Waals surface area contributed by atoms with E-state index in [-0.39, 0.29) is 0 Å². The minimum absolute atomic E-state index is 0.367. The number of aromatic nitrogens is 3. The molecule has 1 aromatic heterocycles. The van der Waals surface area contributed by atoms with Crippen molar-refractivity contribution < 1.29 is 23.1 Å². The minimum Gasteiger partial charge on any atom is -0.475 e. The maximum Gasteiger partial charge on any atom is 0.418 e. The number of hydrogen-bond acceptors (Lipinski definition) is 3. The van der Waals surface area contributed by atoms with Gasteiger partial charge in [0.2, 0.25) is 5.82 Å². The van der Waals surface area contributed by atoms with E-state index in [4.69, 9.17) is 5.11 Å². The van der Waals surface area contributed by atoms with Crippen molar-refractivity contribution in [3.63, 3.8) is 0 Å². The summed E-state index contributed by atoms with van der Waals surface area (Å²) in [7, 11) is 0. The van der Waals surface area contributed by atoms with E-state index in [1.165, 1.54) is 6.07 Å². The van der Waals surface area contributed by atoms with Crippen molar-refractivity contribution in [1.82, 2.24) is 14.8 Å². The molecule has 0 amide bonds. The van der Waals surface area contributed by atoms with Crippen molar-refractivity contribution in [2.75, 3.05) is 0 Å². The van der Waals surface area contributed by atoms with Crippen LogP contribution in [0.15, 0.2) is 29.1 Å². The lowest BCUT2D eigenvalue weighted by atomic mass is 10.2. The Bertz CT molecular complexity index is 687. The normalized spacial score (nSPS) is 11.5. The summed E-state index contributed by atoms with van der Waals surface area (Å²) >= 11 is 0. The number of benzene rings is 1. The average Bonchev–Trinajstić information content (AvgIpc) is 2.70. The van der Waals surface area contributed by atoms with Crippen LogP contribution < -0.4 is 5.69 Å². The Labute approximate surface area is 103 Å². The third kappa shape index (κ3) is 2.34. The smallest absolute Gasteiger partial charge is 0.418 e. The molecule has 0 radical (unpaired) electrons. The molecule has 2 aromatic rings. The van der Waals surface area contributed by atoms with Gasteiger partial charge < -0.3 is 5.11 Å². The van der Waals surface area contributed by atoms with Gasteiger partial charge in [-0.1, -0.05) is 12.1 Å². The third-order valence-corrected chi connectivity index (χ3v) is 2.26. The lowest BCUT2D eigenvalue weighted by molar-refractivity contribution is -0.137. The fraction of sp³-hybridized carbons (Fsp3) is 0.100. The molecule has 0 aliphatic carbocycles. The van der Waals surface area contributed by atoms with Crippen molar-refractivity contribution in [1.29, 1.82) is 0 Å². The summed E-state index contributed by atoms with van der Waals surface area (Å²) in [4.78, 5) is 23.9. The van der Waals surface area contributed by atoms with Gasteiger partial charge >= 0.3 is 17.8 Å². The van der Waals surface area contributed by atoms with E-state index in [0.717, 1.165) is 18.2 Å². The lowest BCUT2D eigenvalue weighted by Gasteiger charge is -2.11. The first-order valence-corrected chi connectivity index (χ1v) is 4.90. The summed E-state index contributed by atoms with van der Waals surface area (Å²) < 4.78 is 38.7. The van der Waals surface area contributed by atoms with Gasteiger partial charge in [0, 0.05) is 0 Å². The third-order valence-electron chi connectivity index (χ3n) is 2.26. The number of H-pyrrole nitrogens is 1. The highest BCUT2D eigenvalue weighted by molar-refractivity contribution is 5.82. The number of aromatic amines is 1. The Hall–Kier alpha value is -2.58. The Morgan fingerprint density at radius 1 is 1.32 bits per heavy atom. The van der Waals surface area contributed by atoms with Crippen LogP contribution in [0.2, 0.25) is 0 Å². The summed E-state index contributed by atoms with van der Waals surface area (Å²) in [5.74, 6) is -2.28. The van der Waals surface area contributed by atoms with Crippen LogP contribution in [0.25, 0.3) is 5.69 Å². The Morgan fingerprint density at radius 2 is 1.95 bits per heavy atom. The zero-order valence-electron chi connectivity index (χ0n) is 9.10. The van der Waals surface area contributed by atoms with Gasteiger partial charge in [0.1, 0.15) is 0 Å². The zero-order chi connectivity index (χ0) is 14.2. The largest absolute Gasteiger partial charge is 0.475 e. The number of nitrogens with zero attached hydrogens (tertiary/aromatic N) is 2. The molecule has 2 N–H and O–H groups in total. The van der Waals surface area contributed by atoms with E-state index in [1.807, 2.05) is 4.98 Å². The number of nitrogens with one attached hydrogen (secondary N) is 1. The number of alkyl halides is 3. The van der Waals surface area contributed by atoms with Crippen LogP contribution in [0.4, 0.5) is 13.2 Å². The molecule has 6 nitrogen and oxygen atoms in total. The molecule has 0 spiro atoms. The minimum atomic E-state index is -4.68. The number of carboxylic acid groups (broad SMARTS) is 1. The fourth-order valence-electron chi connectivity index (χ4n) is 1.48. The number of aromatic carboxylic acids is 1. The predicted octanol–water partition coefficient (Wildman–Crippen LogP) is 1.28. The van der Waals surface area contributed by atoms with Gasteiger partial charge in [0.15, 0.2) is 0 Å². The number of carbonyl (C=O) groups is 1. The Kier molecular flexibility index (Phi) is 2.89. The fourth-order valence-corrected chi connectivity index (χ4v) is 1.48. The zero-order valence-corrected chi connectivity index (χ0v) is 9.10. The predicted molar refractivity (Wildman–Crippen MR) is 56.1 cm³/mol. The molecule has 0 bridgehead atoms. The number of hydrogen-bond donors (Lipinski definition) is 2. The highest BCUT2D eigenvalue weighted by atomic mass is 19.4. The molecule has 1 aromatic carbocycles. The van der Waals surface area contributed by atoms with E-state index < -0.39 is 34.9 Å². The monoisotopic (exact) mass is 273 g/mol. The van der Waals surface area contributed by atoms with Gasteiger partial charge in [-0.3, -0.25) is 4.98 Å². The molecule has 0 aliphatic heterocycles. The van der Waals surface area contributed by atoms with E-state index in [9.17, 15) is 22.8 Å². The summed E-state index contributed by atoms with van der Waals surface area (Å²) in [6, 6.07) is 4.24. The van der Waals surface area contributed by atoms with Crippen LogP contribution in [0.5, 0.6) is 0 Å². The second-order valence-corrected chi connectivity index (χ2v) is 3.51. The van der Waals surface area contributed by atoms with Crippen molar-refractivity contribution >= 4 is 5.97 Å². The van der Waals surface area contributed by atoms with Gasteiger partial charge in [-0.15, -0.1) is 5.10 Å². The van der Waals surface area contributed by atoms with E-state index in [0.29, 0.717) is 4.68 Å². The molecule has 0 fully saturated rings. The summed E-state index contributed by atoms with van der Waals surface area (Å²) in [5.41, 5.74) is -2.68. The molecule has 1 heterocycles. The average molecular weight is 273 g/mol. The SMILES string of the molecule is O=C(O)c1nn(-c2ccccc2C(F)(F)F)c(=O)[nH]1. The van der Waals surface area contributed by atoms with Crippen LogP contribution in [-0.2, 0) is 6.18 Å². The number of halogens is 3. The molecule has 19 heavy (non-hydrogen) atoms. The maximum absolute atomic E-state index is 12.8. The van der Waals surface area contributed by atoms with Crippen LogP contribution in [-0.4, -0.2) is 25.8 Å². The van der Waals surface area contributed by atoms with Gasteiger partial charge in [-0.2, -0.15) is 17.9 Å². The first kappa shape index (κ1) is 12.9. The highest BCUT2D eigenvalue weighted by Gasteiger charge is 2.34. The van der Waals surface area contributed by atoms with Crippen molar-refractivity contribution in [2.24, 2.45) is 0 Å². The van der Waals surface area contributed by atoms with E-state index in [2.05, 4.69) is 5.10 Å². The standard InChI is InChI=1S/C10H6F3N3O3/c11-10(12,13)5-3-1-2-4-6(5)16-9(19)14-7(15-16)8(17)18/h1-4H,(H,17,18)(H,14,15,19). The second kappa shape index (κ2) is 4.26. The summed E-state index contributed by atoms with van der Waals surface area (Å²) in [6.07, 6.45) is -4.68. The van der Waals surface area contributed by atoms with Gasteiger partial charge in [-0.25, -0.2) is 9.59 Å². The van der Waals surface area contributed by atoms with Crippen LogP contribution in [0.1, 0.15) is 16.2 Å². The van der Waals surface area contributed by atoms with Crippen molar-refractivity contribution in [3.05, 3.63) is 46.1 Å². The van der Waals surface area contributed by atoms with Crippen molar-refractivity contribution in [2.45, 2.75) is 6.18 Å². The van der Waals surface area contributed by atoms with Crippen molar-refractivity contribution in [3.8, 4) is 5.69 Å². The maximum atomic E-state index is 12.8. The highest BCUT2D eigenvalue weighted by Crippen LogP contribution is 2.32. The number of rotatable bonds is 2. The molecular weight excluding hydrogens is 267 g/mol. The number of carboxylic acids is 1. The molecule has 9 heteroatoms. The molecule has 0 atom stereocenters. The topological polar surface area (TPSA) is 88.0 Å². The van der Waals surface area contributed by atoms with E-state index >= 15 is 0 Å². The second-order valence-electron chi connectivity index (χ2n) is 3.51. The molecule has 0 saturated heterocycles. The number of para-hydroxylation sites is 1. The van der Waals surface area contributed by atoms with Gasteiger partial charge in [0.25, 0.3) is 0 Å². The van der Waals surface area contributed by atoms with Crippen LogP contribution >= 0.6 is 0 Å². The molecule has 0 aliphatic rings. The van der Waals surface area contributed by atoms with E-state index in [1.54, 1.807) is 0 Å². The molecule has 2 rings (SSSR count). The first-order chi connectivity index (χ1) is 8.80. The first-order valence-electron chi connectivity index (χ1n) is 4.90. The molecule has 0 saturated carbocycles. The quantitative estimate of drug-likeness (QED) is 0.862. The lowest BCUT2D eigenvalue weighted by Crippen LogP contribution is -2.20.